The van der Waals surface area contributed by atoms with Crippen molar-refractivity contribution in [2.45, 2.75) is 26.8 Å². The quantitative estimate of drug-likeness (QED) is 0.831. The number of nitrogens with zero attached hydrogens (tertiary/aromatic N) is 4. The van der Waals surface area contributed by atoms with E-state index in [4.69, 9.17) is 0 Å². The predicted molar refractivity (Wildman–Crippen MR) is 88.3 cm³/mol. The monoisotopic (exact) mass is 314 g/mol. The van der Waals surface area contributed by atoms with Crippen LogP contribution in [0.1, 0.15) is 24.6 Å². The van der Waals surface area contributed by atoms with Crippen molar-refractivity contribution in [2.24, 2.45) is 0 Å². The van der Waals surface area contributed by atoms with Crippen LogP contribution in [0.5, 0.6) is 0 Å². The van der Waals surface area contributed by atoms with E-state index in [0.717, 1.165) is 49.5 Å². The number of fused-ring (bicyclic) bond motifs is 1. The van der Waals surface area contributed by atoms with Gasteiger partial charge in [-0.3, -0.25) is 18.9 Å². The summed E-state index contributed by atoms with van der Waals surface area (Å²) < 4.78 is 1.58. The van der Waals surface area contributed by atoms with Crippen LogP contribution in [0.4, 0.5) is 0 Å². The molecule has 0 saturated carbocycles. The van der Waals surface area contributed by atoms with Gasteiger partial charge in [0, 0.05) is 51.9 Å². The second-order valence-corrected chi connectivity index (χ2v) is 6.11. The molecule has 23 heavy (non-hydrogen) atoms. The van der Waals surface area contributed by atoms with Gasteiger partial charge in [-0.25, -0.2) is 4.98 Å². The summed E-state index contributed by atoms with van der Waals surface area (Å²) in [5, 5.41) is 0. The fourth-order valence-electron chi connectivity index (χ4n) is 3.06. The molecule has 0 aromatic carbocycles. The second-order valence-electron chi connectivity index (χ2n) is 6.11. The molecular formula is C17H22N4O2. The zero-order valence-corrected chi connectivity index (χ0v) is 13.7. The van der Waals surface area contributed by atoms with Crippen molar-refractivity contribution in [1.29, 1.82) is 0 Å². The third-order valence-corrected chi connectivity index (χ3v) is 4.36. The third-order valence-electron chi connectivity index (χ3n) is 4.36. The Morgan fingerprint density at radius 2 is 2.09 bits per heavy atom. The second kappa shape index (κ2) is 6.50. The molecule has 3 heterocycles. The van der Waals surface area contributed by atoms with Crippen LogP contribution in [0.25, 0.3) is 5.65 Å². The summed E-state index contributed by atoms with van der Waals surface area (Å²) >= 11 is 0. The van der Waals surface area contributed by atoms with Gasteiger partial charge in [0.15, 0.2) is 0 Å². The van der Waals surface area contributed by atoms with E-state index in [2.05, 4.69) is 9.88 Å². The lowest BCUT2D eigenvalue weighted by Gasteiger charge is -2.20. The van der Waals surface area contributed by atoms with Gasteiger partial charge >= 0.3 is 0 Å². The Hall–Kier alpha value is -2.21. The smallest absolute Gasteiger partial charge is 0.258 e. The molecule has 1 aliphatic heterocycles. The third kappa shape index (κ3) is 3.42. The van der Waals surface area contributed by atoms with E-state index in [1.165, 1.54) is 0 Å². The van der Waals surface area contributed by atoms with Gasteiger partial charge in [0.05, 0.1) is 5.69 Å². The Morgan fingerprint density at radius 1 is 1.26 bits per heavy atom. The maximum atomic E-state index is 12.3. The van der Waals surface area contributed by atoms with E-state index in [-0.39, 0.29) is 11.5 Å². The Labute approximate surface area is 135 Å². The zero-order valence-electron chi connectivity index (χ0n) is 13.7. The summed E-state index contributed by atoms with van der Waals surface area (Å²) in [5.74, 6) is 0.129. The molecule has 1 aliphatic rings. The highest BCUT2D eigenvalue weighted by Crippen LogP contribution is 2.10. The van der Waals surface area contributed by atoms with Gasteiger partial charge in [0.2, 0.25) is 5.91 Å². The highest BCUT2D eigenvalue weighted by molar-refractivity contribution is 5.73. The fourth-order valence-corrected chi connectivity index (χ4v) is 3.06. The van der Waals surface area contributed by atoms with Crippen LogP contribution < -0.4 is 5.56 Å². The van der Waals surface area contributed by atoms with Crippen molar-refractivity contribution in [3.8, 4) is 0 Å². The fraction of sp³-hybridized carbons (Fsp3) is 0.471. The Kier molecular flexibility index (Phi) is 4.43. The summed E-state index contributed by atoms with van der Waals surface area (Å²) in [4.78, 5) is 32.6. The van der Waals surface area contributed by atoms with Crippen molar-refractivity contribution in [2.75, 3.05) is 26.2 Å². The van der Waals surface area contributed by atoms with Crippen LogP contribution in [-0.2, 0) is 11.3 Å². The standard InChI is InChI=1S/C17H22N4O2/c1-13-5-3-8-21-16(23)11-15(18-17(13)21)12-19-6-4-7-20(10-9-19)14(2)22/h3,5,8,11H,4,6-7,9-10,12H2,1-2H3. The highest BCUT2D eigenvalue weighted by atomic mass is 16.2. The summed E-state index contributed by atoms with van der Waals surface area (Å²) in [6.45, 7) is 7.49. The van der Waals surface area contributed by atoms with Crippen molar-refractivity contribution < 1.29 is 4.79 Å². The van der Waals surface area contributed by atoms with Gasteiger partial charge in [-0.1, -0.05) is 6.07 Å². The lowest BCUT2D eigenvalue weighted by molar-refractivity contribution is -0.128. The molecule has 0 atom stereocenters. The van der Waals surface area contributed by atoms with Gasteiger partial charge in [-0.15, -0.1) is 0 Å². The van der Waals surface area contributed by atoms with Gasteiger partial charge in [0.25, 0.3) is 5.56 Å². The average molecular weight is 314 g/mol. The molecule has 1 saturated heterocycles. The molecule has 1 fully saturated rings. The van der Waals surface area contributed by atoms with E-state index in [0.29, 0.717) is 6.54 Å². The number of pyridine rings is 1. The Balaban J connectivity index is 1.80. The average Bonchev–Trinajstić information content (AvgIpc) is 2.74. The van der Waals surface area contributed by atoms with Gasteiger partial charge in [-0.05, 0) is 25.0 Å². The topological polar surface area (TPSA) is 57.9 Å². The van der Waals surface area contributed by atoms with Crippen molar-refractivity contribution >= 4 is 11.6 Å². The van der Waals surface area contributed by atoms with Crippen LogP contribution in [0, 0.1) is 6.92 Å². The molecule has 6 heteroatoms. The molecule has 2 aromatic rings. The van der Waals surface area contributed by atoms with E-state index in [9.17, 15) is 9.59 Å². The number of aryl methyl sites for hydroxylation is 1. The minimum Gasteiger partial charge on any atom is -0.342 e. The first-order valence-corrected chi connectivity index (χ1v) is 8.00. The molecule has 0 N–H and O–H groups in total. The number of carbonyl (C=O) groups is 1. The number of aromatic nitrogens is 2. The number of rotatable bonds is 2. The maximum absolute atomic E-state index is 12.3. The minimum absolute atomic E-state index is 0.0473. The minimum atomic E-state index is -0.0473. The summed E-state index contributed by atoms with van der Waals surface area (Å²) in [6, 6.07) is 5.43. The summed E-state index contributed by atoms with van der Waals surface area (Å²) in [5.41, 5.74) is 2.45. The number of hydrogen-bond acceptors (Lipinski definition) is 4. The van der Waals surface area contributed by atoms with E-state index < -0.39 is 0 Å². The first-order valence-electron chi connectivity index (χ1n) is 8.00. The van der Waals surface area contributed by atoms with Crippen LogP contribution in [-0.4, -0.2) is 51.3 Å². The lowest BCUT2D eigenvalue weighted by atomic mass is 10.2. The van der Waals surface area contributed by atoms with Crippen molar-refractivity contribution in [3.05, 3.63) is 46.0 Å². The highest BCUT2D eigenvalue weighted by Gasteiger charge is 2.17. The SMILES string of the molecule is CC(=O)N1CCCN(Cc2cc(=O)n3cccc(C)c3n2)CC1. The van der Waals surface area contributed by atoms with Gasteiger partial charge in [0.1, 0.15) is 5.65 Å². The normalized spacial score (nSPS) is 16.5. The van der Waals surface area contributed by atoms with Crippen LogP contribution in [0.2, 0.25) is 0 Å². The zero-order chi connectivity index (χ0) is 16.4. The molecule has 6 nitrogen and oxygen atoms in total. The van der Waals surface area contributed by atoms with Crippen molar-refractivity contribution in [3.63, 3.8) is 0 Å². The molecule has 0 radical (unpaired) electrons. The van der Waals surface area contributed by atoms with Crippen LogP contribution in [0.15, 0.2) is 29.2 Å². The summed E-state index contributed by atoms with van der Waals surface area (Å²) in [6.07, 6.45) is 2.70. The molecule has 2 aromatic heterocycles. The predicted octanol–water partition coefficient (Wildman–Crippen LogP) is 1.06. The lowest BCUT2D eigenvalue weighted by Crippen LogP contribution is -2.33. The maximum Gasteiger partial charge on any atom is 0.258 e. The van der Waals surface area contributed by atoms with Crippen LogP contribution >= 0.6 is 0 Å². The summed E-state index contributed by atoms with van der Waals surface area (Å²) in [7, 11) is 0. The first kappa shape index (κ1) is 15.7. The van der Waals surface area contributed by atoms with Crippen LogP contribution in [0.3, 0.4) is 0 Å². The van der Waals surface area contributed by atoms with Gasteiger partial charge in [-0.2, -0.15) is 0 Å². The molecule has 0 spiro atoms. The molecule has 1 amide bonds. The largest absolute Gasteiger partial charge is 0.342 e. The molecule has 3 rings (SSSR count). The van der Waals surface area contributed by atoms with E-state index in [1.807, 2.05) is 24.0 Å². The molecule has 0 unspecified atom stereocenters. The van der Waals surface area contributed by atoms with E-state index >= 15 is 0 Å². The Bertz CT molecular complexity index is 784. The molecule has 0 bridgehead atoms. The van der Waals surface area contributed by atoms with Gasteiger partial charge < -0.3 is 4.90 Å². The molecule has 0 aliphatic carbocycles. The Morgan fingerprint density at radius 3 is 2.87 bits per heavy atom. The number of carbonyl (C=O) groups excluding carboxylic acids is 1. The number of hydrogen-bond donors (Lipinski definition) is 0. The van der Waals surface area contributed by atoms with Crippen molar-refractivity contribution in [1.82, 2.24) is 19.2 Å². The first-order chi connectivity index (χ1) is 11.0. The number of amides is 1. The molecular weight excluding hydrogens is 292 g/mol. The van der Waals surface area contributed by atoms with E-state index in [1.54, 1.807) is 23.6 Å². The molecule has 122 valence electrons.